The molecular formula is C16H20N4O4. The number of amides is 2. The van der Waals surface area contributed by atoms with E-state index < -0.39 is 5.97 Å². The standard InChI is InChI=1S/C16H20N4O4/c1-3-13-19-15(24-20-13)11-7-6-10(2)12(9-11)18-16(23)17-8-4-5-14(21)22/h6-7,9H,3-5,8H2,1-2H3,(H,21,22)(H2,17,18,23). The van der Waals surface area contributed by atoms with Crippen LogP contribution in [0.5, 0.6) is 0 Å². The average Bonchev–Trinajstić information content (AvgIpc) is 3.02. The zero-order valence-electron chi connectivity index (χ0n) is 13.6. The number of aliphatic carboxylic acids is 1. The molecular weight excluding hydrogens is 312 g/mol. The summed E-state index contributed by atoms with van der Waals surface area (Å²) in [5, 5.41) is 17.8. The first-order chi connectivity index (χ1) is 11.5. The van der Waals surface area contributed by atoms with Gasteiger partial charge >= 0.3 is 12.0 Å². The van der Waals surface area contributed by atoms with Crippen LogP contribution in [0.1, 0.15) is 31.2 Å². The van der Waals surface area contributed by atoms with Crippen LogP contribution < -0.4 is 10.6 Å². The van der Waals surface area contributed by atoms with Gasteiger partial charge in [-0.25, -0.2) is 4.79 Å². The molecule has 8 nitrogen and oxygen atoms in total. The van der Waals surface area contributed by atoms with Gasteiger partial charge < -0.3 is 20.3 Å². The monoisotopic (exact) mass is 332 g/mol. The fourth-order valence-corrected chi connectivity index (χ4v) is 2.01. The van der Waals surface area contributed by atoms with E-state index in [4.69, 9.17) is 9.63 Å². The second kappa shape index (κ2) is 8.09. The first-order valence-electron chi connectivity index (χ1n) is 7.70. The molecule has 24 heavy (non-hydrogen) atoms. The van der Waals surface area contributed by atoms with Crippen molar-refractivity contribution in [2.75, 3.05) is 11.9 Å². The molecule has 0 saturated heterocycles. The Bertz CT molecular complexity index is 727. The number of benzene rings is 1. The number of carboxylic acids is 1. The lowest BCUT2D eigenvalue weighted by Gasteiger charge is -2.10. The predicted molar refractivity (Wildman–Crippen MR) is 87.7 cm³/mol. The van der Waals surface area contributed by atoms with Crippen LogP contribution in [0.25, 0.3) is 11.5 Å². The number of urea groups is 1. The van der Waals surface area contributed by atoms with E-state index in [2.05, 4.69) is 20.8 Å². The summed E-state index contributed by atoms with van der Waals surface area (Å²) >= 11 is 0. The molecule has 8 heteroatoms. The molecule has 0 bridgehead atoms. The molecule has 3 N–H and O–H groups in total. The van der Waals surface area contributed by atoms with E-state index in [1.807, 2.05) is 26.0 Å². The second-order valence-corrected chi connectivity index (χ2v) is 5.28. The quantitative estimate of drug-likeness (QED) is 0.671. The molecule has 0 fully saturated rings. The van der Waals surface area contributed by atoms with Crippen LogP contribution in [0.4, 0.5) is 10.5 Å². The van der Waals surface area contributed by atoms with Crippen molar-refractivity contribution in [3.8, 4) is 11.5 Å². The summed E-state index contributed by atoms with van der Waals surface area (Å²) in [6.07, 6.45) is 1.08. The maximum absolute atomic E-state index is 11.9. The van der Waals surface area contributed by atoms with E-state index in [0.29, 0.717) is 42.4 Å². The second-order valence-electron chi connectivity index (χ2n) is 5.28. The van der Waals surface area contributed by atoms with Gasteiger partial charge in [0, 0.05) is 30.6 Å². The molecule has 2 amide bonds. The minimum Gasteiger partial charge on any atom is -0.481 e. The number of nitrogens with zero attached hydrogens (tertiary/aromatic N) is 2. The molecule has 0 aliphatic heterocycles. The molecule has 0 radical (unpaired) electrons. The number of aromatic nitrogens is 2. The Balaban J connectivity index is 2.00. The van der Waals surface area contributed by atoms with Gasteiger partial charge in [-0.1, -0.05) is 18.1 Å². The summed E-state index contributed by atoms with van der Waals surface area (Å²) in [7, 11) is 0. The highest BCUT2D eigenvalue weighted by Gasteiger charge is 2.11. The van der Waals surface area contributed by atoms with Crippen LogP contribution >= 0.6 is 0 Å². The normalized spacial score (nSPS) is 10.4. The minimum atomic E-state index is -0.883. The molecule has 0 saturated carbocycles. The molecule has 1 heterocycles. The van der Waals surface area contributed by atoms with E-state index in [9.17, 15) is 9.59 Å². The van der Waals surface area contributed by atoms with Crippen molar-refractivity contribution in [2.45, 2.75) is 33.1 Å². The van der Waals surface area contributed by atoms with Crippen molar-refractivity contribution in [1.82, 2.24) is 15.5 Å². The van der Waals surface area contributed by atoms with Gasteiger partial charge in [-0.15, -0.1) is 0 Å². The van der Waals surface area contributed by atoms with E-state index in [-0.39, 0.29) is 12.5 Å². The Kier molecular flexibility index (Phi) is 5.89. The molecule has 2 aromatic rings. The minimum absolute atomic E-state index is 0.0196. The third kappa shape index (κ3) is 4.80. The highest BCUT2D eigenvalue weighted by molar-refractivity contribution is 5.90. The van der Waals surface area contributed by atoms with Gasteiger partial charge in [0.25, 0.3) is 5.89 Å². The number of carbonyl (C=O) groups is 2. The SMILES string of the molecule is CCc1noc(-c2ccc(C)c(NC(=O)NCCCC(=O)O)c2)n1. The lowest BCUT2D eigenvalue weighted by atomic mass is 10.1. The fourth-order valence-electron chi connectivity index (χ4n) is 2.01. The fraction of sp³-hybridized carbons (Fsp3) is 0.375. The van der Waals surface area contributed by atoms with E-state index in [1.54, 1.807) is 6.07 Å². The first-order valence-corrected chi connectivity index (χ1v) is 7.70. The first kappa shape index (κ1) is 17.5. The summed E-state index contributed by atoms with van der Waals surface area (Å²) in [5.41, 5.74) is 2.23. The Morgan fingerprint density at radius 1 is 1.33 bits per heavy atom. The van der Waals surface area contributed by atoms with E-state index in [1.165, 1.54) is 0 Å². The molecule has 0 spiro atoms. The smallest absolute Gasteiger partial charge is 0.319 e. The Hall–Kier alpha value is -2.90. The summed E-state index contributed by atoms with van der Waals surface area (Å²) in [5.74, 6) is 0.139. The number of nitrogens with one attached hydrogen (secondary N) is 2. The number of anilines is 1. The third-order valence-corrected chi connectivity index (χ3v) is 3.37. The largest absolute Gasteiger partial charge is 0.481 e. The number of carboxylic acid groups (broad SMARTS) is 1. The van der Waals surface area contributed by atoms with Crippen LogP contribution in [0.3, 0.4) is 0 Å². The lowest BCUT2D eigenvalue weighted by molar-refractivity contribution is -0.137. The predicted octanol–water partition coefficient (Wildman–Crippen LogP) is 2.59. The van der Waals surface area contributed by atoms with Crippen molar-refractivity contribution in [3.63, 3.8) is 0 Å². The zero-order chi connectivity index (χ0) is 17.5. The van der Waals surface area contributed by atoms with E-state index >= 15 is 0 Å². The number of rotatable bonds is 7. The summed E-state index contributed by atoms with van der Waals surface area (Å²) in [6.45, 7) is 4.10. The molecule has 1 aromatic heterocycles. The van der Waals surface area contributed by atoms with Crippen molar-refractivity contribution in [1.29, 1.82) is 0 Å². The van der Waals surface area contributed by atoms with Gasteiger partial charge in [0.2, 0.25) is 0 Å². The van der Waals surface area contributed by atoms with Crippen LogP contribution in [-0.4, -0.2) is 33.8 Å². The highest BCUT2D eigenvalue weighted by atomic mass is 16.5. The molecule has 128 valence electrons. The van der Waals surface area contributed by atoms with Crippen molar-refractivity contribution < 1.29 is 19.2 Å². The van der Waals surface area contributed by atoms with Gasteiger partial charge in [0.15, 0.2) is 5.82 Å². The van der Waals surface area contributed by atoms with E-state index in [0.717, 1.165) is 5.56 Å². The molecule has 0 unspecified atom stereocenters. The topological polar surface area (TPSA) is 117 Å². The number of carbonyl (C=O) groups excluding carboxylic acids is 1. The number of aryl methyl sites for hydroxylation is 2. The van der Waals surface area contributed by atoms with Crippen LogP contribution in [0.15, 0.2) is 22.7 Å². The summed E-state index contributed by atoms with van der Waals surface area (Å²) in [6, 6.07) is 5.07. The van der Waals surface area contributed by atoms with Crippen LogP contribution in [0.2, 0.25) is 0 Å². The number of hydrogen-bond acceptors (Lipinski definition) is 5. The van der Waals surface area contributed by atoms with Crippen LogP contribution in [-0.2, 0) is 11.2 Å². The lowest BCUT2D eigenvalue weighted by Crippen LogP contribution is -2.30. The van der Waals surface area contributed by atoms with Crippen molar-refractivity contribution >= 4 is 17.7 Å². The van der Waals surface area contributed by atoms with Gasteiger partial charge in [-0.05, 0) is 31.0 Å². The Morgan fingerprint density at radius 2 is 2.12 bits per heavy atom. The van der Waals surface area contributed by atoms with Crippen molar-refractivity contribution in [3.05, 3.63) is 29.6 Å². The van der Waals surface area contributed by atoms with Gasteiger partial charge in [0.1, 0.15) is 0 Å². The summed E-state index contributed by atoms with van der Waals surface area (Å²) < 4.78 is 5.20. The van der Waals surface area contributed by atoms with Crippen molar-refractivity contribution in [2.24, 2.45) is 0 Å². The zero-order valence-corrected chi connectivity index (χ0v) is 13.6. The van der Waals surface area contributed by atoms with Crippen LogP contribution in [0, 0.1) is 6.92 Å². The Labute approximate surface area is 139 Å². The van der Waals surface area contributed by atoms with Gasteiger partial charge in [-0.3, -0.25) is 4.79 Å². The highest BCUT2D eigenvalue weighted by Crippen LogP contribution is 2.24. The Morgan fingerprint density at radius 3 is 2.79 bits per heavy atom. The maximum Gasteiger partial charge on any atom is 0.319 e. The van der Waals surface area contributed by atoms with Gasteiger partial charge in [0.05, 0.1) is 0 Å². The molecule has 1 aromatic carbocycles. The molecule has 0 aliphatic carbocycles. The van der Waals surface area contributed by atoms with Gasteiger partial charge in [-0.2, -0.15) is 4.98 Å². The molecule has 0 atom stereocenters. The maximum atomic E-state index is 11.9. The summed E-state index contributed by atoms with van der Waals surface area (Å²) in [4.78, 5) is 26.6. The third-order valence-electron chi connectivity index (χ3n) is 3.37. The molecule has 0 aliphatic rings. The molecule has 2 rings (SSSR count). The average molecular weight is 332 g/mol. The number of hydrogen-bond donors (Lipinski definition) is 3.